The van der Waals surface area contributed by atoms with Gasteiger partial charge in [-0.15, -0.1) is 13.2 Å². The number of thioether (sulfide) groups is 1. The predicted octanol–water partition coefficient (Wildman–Crippen LogP) is 4.23. The lowest BCUT2D eigenvalue weighted by Crippen LogP contribution is -2.17. The van der Waals surface area contributed by atoms with Gasteiger partial charge in [0.2, 0.25) is 0 Å². The summed E-state index contributed by atoms with van der Waals surface area (Å²) in [6.45, 7) is 1.93. The molecular weight excluding hydrogens is 289 g/mol. The van der Waals surface area contributed by atoms with Gasteiger partial charge in [-0.05, 0) is 30.7 Å². The summed E-state index contributed by atoms with van der Waals surface area (Å²) in [5.41, 5.74) is 0.872. The van der Waals surface area contributed by atoms with E-state index in [0.717, 1.165) is 5.56 Å². The van der Waals surface area contributed by atoms with E-state index in [1.54, 1.807) is 30.6 Å². The second-order valence-electron chi connectivity index (χ2n) is 3.91. The number of alkyl halides is 3. The van der Waals surface area contributed by atoms with Crippen molar-refractivity contribution in [1.82, 2.24) is 9.97 Å². The van der Waals surface area contributed by atoms with Gasteiger partial charge >= 0.3 is 6.36 Å². The maximum Gasteiger partial charge on any atom is 0.573 e. The fourth-order valence-corrected chi connectivity index (χ4v) is 2.37. The molecular formula is C13H11F3N2OS. The van der Waals surface area contributed by atoms with E-state index in [1.165, 1.54) is 23.9 Å². The van der Waals surface area contributed by atoms with E-state index in [9.17, 15) is 13.2 Å². The average molecular weight is 300 g/mol. The summed E-state index contributed by atoms with van der Waals surface area (Å²) in [5.74, 6) is -0.227. The third-order valence-electron chi connectivity index (χ3n) is 2.41. The van der Waals surface area contributed by atoms with Gasteiger partial charge in [0.25, 0.3) is 0 Å². The second kappa shape index (κ2) is 6.13. The summed E-state index contributed by atoms with van der Waals surface area (Å²) >= 11 is 1.43. The fourth-order valence-electron chi connectivity index (χ4n) is 1.51. The van der Waals surface area contributed by atoms with Crippen LogP contribution >= 0.6 is 11.8 Å². The summed E-state index contributed by atoms with van der Waals surface area (Å²) in [6.07, 6.45) is -1.38. The molecule has 0 bridgehead atoms. The largest absolute Gasteiger partial charge is 0.573 e. The van der Waals surface area contributed by atoms with Crippen molar-refractivity contribution < 1.29 is 17.9 Å². The van der Waals surface area contributed by atoms with Crippen LogP contribution in [0.15, 0.2) is 47.9 Å². The average Bonchev–Trinajstić information content (AvgIpc) is 2.39. The first-order valence-corrected chi connectivity index (χ1v) is 6.61. The number of halogens is 3. The third kappa shape index (κ3) is 4.41. The van der Waals surface area contributed by atoms with Crippen LogP contribution in [0.4, 0.5) is 13.2 Å². The quantitative estimate of drug-likeness (QED) is 0.625. The lowest BCUT2D eigenvalue weighted by Gasteiger charge is -2.12. The van der Waals surface area contributed by atoms with Gasteiger partial charge in [-0.1, -0.05) is 23.9 Å². The zero-order chi connectivity index (χ0) is 14.6. The highest BCUT2D eigenvalue weighted by Gasteiger charge is 2.31. The normalized spacial score (nSPS) is 13.0. The first kappa shape index (κ1) is 14.6. The van der Waals surface area contributed by atoms with Gasteiger partial charge < -0.3 is 4.74 Å². The molecule has 1 atom stereocenters. The Balaban J connectivity index is 2.02. The molecule has 1 heterocycles. The Bertz CT molecular complexity index is 546. The van der Waals surface area contributed by atoms with Crippen molar-refractivity contribution in [3.63, 3.8) is 0 Å². The molecule has 1 aromatic heterocycles. The summed E-state index contributed by atoms with van der Waals surface area (Å²) in [6, 6.07) is 7.51. The molecule has 0 aliphatic heterocycles. The van der Waals surface area contributed by atoms with Gasteiger partial charge in [-0.25, -0.2) is 9.97 Å². The fraction of sp³-hybridized carbons (Fsp3) is 0.231. The van der Waals surface area contributed by atoms with E-state index in [0.29, 0.717) is 5.16 Å². The van der Waals surface area contributed by atoms with Crippen LogP contribution in [0.2, 0.25) is 0 Å². The monoisotopic (exact) mass is 300 g/mol. The first-order chi connectivity index (χ1) is 9.44. The molecule has 0 fully saturated rings. The summed E-state index contributed by atoms with van der Waals surface area (Å²) < 4.78 is 40.0. The summed E-state index contributed by atoms with van der Waals surface area (Å²) in [7, 11) is 0. The molecule has 0 aliphatic rings. The molecule has 1 aromatic carbocycles. The van der Waals surface area contributed by atoms with Gasteiger partial charge in [0.05, 0.1) is 0 Å². The number of benzene rings is 1. The Morgan fingerprint density at radius 1 is 1.10 bits per heavy atom. The van der Waals surface area contributed by atoms with E-state index < -0.39 is 6.36 Å². The molecule has 3 nitrogen and oxygen atoms in total. The van der Waals surface area contributed by atoms with E-state index in [1.807, 2.05) is 6.92 Å². The van der Waals surface area contributed by atoms with E-state index >= 15 is 0 Å². The molecule has 0 saturated heterocycles. The number of nitrogens with zero attached hydrogens (tertiary/aromatic N) is 2. The number of rotatable bonds is 4. The Labute approximate surface area is 118 Å². The van der Waals surface area contributed by atoms with Crippen LogP contribution in [-0.2, 0) is 0 Å². The van der Waals surface area contributed by atoms with Gasteiger partial charge in [0.15, 0.2) is 5.16 Å². The molecule has 0 aliphatic carbocycles. The van der Waals surface area contributed by atoms with Crippen molar-refractivity contribution in [2.45, 2.75) is 23.7 Å². The second-order valence-corrected chi connectivity index (χ2v) is 5.22. The van der Waals surface area contributed by atoms with Gasteiger partial charge in [0, 0.05) is 17.6 Å². The highest BCUT2D eigenvalue weighted by atomic mass is 32.2. The maximum atomic E-state index is 12.0. The maximum absolute atomic E-state index is 12.0. The minimum Gasteiger partial charge on any atom is -0.406 e. The zero-order valence-corrected chi connectivity index (χ0v) is 11.3. The number of hydrogen-bond donors (Lipinski definition) is 0. The van der Waals surface area contributed by atoms with Crippen LogP contribution in [0.5, 0.6) is 5.75 Å². The van der Waals surface area contributed by atoms with Crippen LogP contribution in [0, 0.1) is 0 Å². The van der Waals surface area contributed by atoms with Crippen molar-refractivity contribution in [1.29, 1.82) is 0 Å². The zero-order valence-electron chi connectivity index (χ0n) is 10.5. The van der Waals surface area contributed by atoms with Crippen LogP contribution in [0.25, 0.3) is 0 Å². The van der Waals surface area contributed by atoms with Crippen LogP contribution in [-0.4, -0.2) is 16.3 Å². The summed E-state index contributed by atoms with van der Waals surface area (Å²) in [5, 5.41) is 0.646. The Kier molecular flexibility index (Phi) is 4.49. The molecule has 0 amide bonds. The molecule has 7 heteroatoms. The molecule has 2 rings (SSSR count). The molecule has 0 N–H and O–H groups in total. The number of aromatic nitrogens is 2. The highest BCUT2D eigenvalue weighted by molar-refractivity contribution is 7.99. The third-order valence-corrected chi connectivity index (χ3v) is 3.45. The Morgan fingerprint density at radius 3 is 2.25 bits per heavy atom. The number of hydrogen-bond acceptors (Lipinski definition) is 4. The van der Waals surface area contributed by atoms with Gasteiger partial charge in [-0.3, -0.25) is 0 Å². The lowest BCUT2D eigenvalue weighted by atomic mass is 10.2. The van der Waals surface area contributed by atoms with E-state index in [-0.39, 0.29) is 11.0 Å². The van der Waals surface area contributed by atoms with E-state index in [4.69, 9.17) is 0 Å². The molecule has 106 valence electrons. The molecule has 0 radical (unpaired) electrons. The minimum absolute atomic E-state index is 0.0253. The summed E-state index contributed by atoms with van der Waals surface area (Å²) in [4.78, 5) is 8.18. The van der Waals surface area contributed by atoms with Crippen LogP contribution in [0.3, 0.4) is 0 Å². The van der Waals surface area contributed by atoms with Gasteiger partial charge in [-0.2, -0.15) is 0 Å². The minimum atomic E-state index is -4.67. The van der Waals surface area contributed by atoms with Crippen molar-refractivity contribution in [2.75, 3.05) is 0 Å². The van der Waals surface area contributed by atoms with Crippen molar-refractivity contribution >= 4 is 11.8 Å². The van der Waals surface area contributed by atoms with E-state index in [2.05, 4.69) is 14.7 Å². The standard InChI is InChI=1S/C13H11F3N2OS/c1-9(20-12-17-7-2-8-18-12)10-3-5-11(6-4-10)19-13(14,15)16/h2-9H,1H3. The SMILES string of the molecule is CC(Sc1ncccn1)c1ccc(OC(F)(F)F)cc1. The molecule has 1 unspecified atom stereocenters. The predicted molar refractivity (Wildman–Crippen MR) is 69.4 cm³/mol. The van der Waals surface area contributed by atoms with Gasteiger partial charge in [0.1, 0.15) is 5.75 Å². The van der Waals surface area contributed by atoms with Crippen LogP contribution in [0.1, 0.15) is 17.7 Å². The molecule has 20 heavy (non-hydrogen) atoms. The lowest BCUT2D eigenvalue weighted by molar-refractivity contribution is -0.274. The highest BCUT2D eigenvalue weighted by Crippen LogP contribution is 2.33. The van der Waals surface area contributed by atoms with Crippen molar-refractivity contribution in [3.05, 3.63) is 48.3 Å². The first-order valence-electron chi connectivity index (χ1n) is 5.73. The smallest absolute Gasteiger partial charge is 0.406 e. The molecule has 0 saturated carbocycles. The molecule has 2 aromatic rings. The van der Waals surface area contributed by atoms with Crippen molar-refractivity contribution in [3.8, 4) is 5.75 Å². The van der Waals surface area contributed by atoms with Crippen LogP contribution < -0.4 is 4.74 Å². The molecule has 0 spiro atoms. The Morgan fingerprint density at radius 2 is 1.70 bits per heavy atom. The van der Waals surface area contributed by atoms with Crippen molar-refractivity contribution in [2.24, 2.45) is 0 Å². The number of ether oxygens (including phenoxy) is 1. The Hall–Kier alpha value is -1.76. The topological polar surface area (TPSA) is 35.0 Å².